The normalized spacial score (nSPS) is 17.4. The number of ether oxygens (including phenoxy) is 3. The third kappa shape index (κ3) is 3.70. The van der Waals surface area contributed by atoms with Gasteiger partial charge in [-0.05, 0) is 25.0 Å². The first-order chi connectivity index (χ1) is 15.5. The van der Waals surface area contributed by atoms with E-state index in [9.17, 15) is 14.4 Å². The first-order valence-corrected chi connectivity index (χ1v) is 10.3. The minimum atomic E-state index is -0.552. The molecule has 0 bridgehead atoms. The van der Waals surface area contributed by atoms with Gasteiger partial charge in [0, 0.05) is 24.4 Å². The molecule has 0 aliphatic carbocycles. The Bertz CT molecular complexity index is 1040. The summed E-state index contributed by atoms with van der Waals surface area (Å²) < 4.78 is 16.0. The number of amides is 3. The van der Waals surface area contributed by atoms with Crippen LogP contribution < -0.4 is 24.4 Å². The topological polar surface area (TPSA) is 97.4 Å². The molecule has 9 heteroatoms. The predicted octanol–water partition coefficient (Wildman–Crippen LogP) is 2.30. The van der Waals surface area contributed by atoms with Crippen LogP contribution >= 0.6 is 0 Å². The summed E-state index contributed by atoms with van der Waals surface area (Å²) in [5.41, 5.74) is 1.29. The van der Waals surface area contributed by atoms with Gasteiger partial charge in [0.1, 0.15) is 12.6 Å². The smallest absolute Gasteiger partial charge is 0.256 e. The number of benzene rings is 2. The van der Waals surface area contributed by atoms with Gasteiger partial charge in [-0.2, -0.15) is 0 Å². The van der Waals surface area contributed by atoms with Gasteiger partial charge in [-0.15, -0.1) is 0 Å². The summed E-state index contributed by atoms with van der Waals surface area (Å²) in [5, 5.41) is 2.79. The van der Waals surface area contributed by atoms with Crippen molar-refractivity contribution in [1.29, 1.82) is 0 Å². The predicted molar refractivity (Wildman–Crippen MR) is 118 cm³/mol. The summed E-state index contributed by atoms with van der Waals surface area (Å²) in [7, 11) is 4.47. The summed E-state index contributed by atoms with van der Waals surface area (Å²) in [5.74, 6) is 0.353. The maximum absolute atomic E-state index is 13.3. The van der Waals surface area contributed by atoms with E-state index in [1.165, 1.54) is 26.2 Å². The molecule has 168 valence electrons. The number of nitrogens with one attached hydrogen (secondary N) is 1. The molecule has 2 aliphatic heterocycles. The van der Waals surface area contributed by atoms with Crippen molar-refractivity contribution in [1.82, 2.24) is 4.90 Å². The average molecular weight is 439 g/mol. The van der Waals surface area contributed by atoms with Crippen molar-refractivity contribution < 1.29 is 28.6 Å². The van der Waals surface area contributed by atoms with Crippen LogP contribution in [0, 0.1) is 0 Å². The molecule has 1 saturated heterocycles. The van der Waals surface area contributed by atoms with Crippen molar-refractivity contribution in [2.45, 2.75) is 18.9 Å². The second kappa shape index (κ2) is 8.78. The summed E-state index contributed by atoms with van der Waals surface area (Å²) in [6.07, 6.45) is 1.35. The number of carbonyl (C=O) groups excluding carboxylic acids is 3. The molecular weight excluding hydrogens is 414 g/mol. The van der Waals surface area contributed by atoms with Gasteiger partial charge in [0.25, 0.3) is 5.91 Å². The SMILES string of the molecule is COc1cc(NC(=O)CN2C(=O)[C@@H]3CCCN3C(=O)c3ccccc32)cc(OC)c1OC. The number of hydrogen-bond acceptors (Lipinski definition) is 6. The van der Waals surface area contributed by atoms with Gasteiger partial charge in [-0.1, -0.05) is 12.1 Å². The van der Waals surface area contributed by atoms with Crippen LogP contribution in [0.1, 0.15) is 23.2 Å². The maximum atomic E-state index is 13.3. The molecule has 0 radical (unpaired) electrons. The van der Waals surface area contributed by atoms with Crippen LogP contribution in [0.4, 0.5) is 11.4 Å². The molecule has 0 unspecified atom stereocenters. The van der Waals surface area contributed by atoms with E-state index < -0.39 is 11.9 Å². The van der Waals surface area contributed by atoms with Crippen LogP contribution in [0.25, 0.3) is 0 Å². The fourth-order valence-electron chi connectivity index (χ4n) is 4.27. The lowest BCUT2D eigenvalue weighted by atomic mass is 10.1. The van der Waals surface area contributed by atoms with Gasteiger partial charge in [0.15, 0.2) is 11.5 Å². The van der Waals surface area contributed by atoms with Gasteiger partial charge in [-0.3, -0.25) is 14.4 Å². The largest absolute Gasteiger partial charge is 0.493 e. The minimum absolute atomic E-state index is 0.177. The quantitative estimate of drug-likeness (QED) is 0.742. The third-order valence-electron chi connectivity index (χ3n) is 5.74. The summed E-state index contributed by atoms with van der Waals surface area (Å²) >= 11 is 0. The van der Waals surface area contributed by atoms with Gasteiger partial charge >= 0.3 is 0 Å². The molecule has 0 spiro atoms. The Hall–Kier alpha value is -3.75. The van der Waals surface area contributed by atoms with Gasteiger partial charge < -0.3 is 29.3 Å². The second-order valence-corrected chi connectivity index (χ2v) is 7.56. The highest BCUT2D eigenvalue weighted by molar-refractivity contribution is 6.13. The van der Waals surface area contributed by atoms with E-state index in [0.29, 0.717) is 47.2 Å². The van der Waals surface area contributed by atoms with E-state index in [-0.39, 0.29) is 18.4 Å². The van der Waals surface area contributed by atoms with E-state index in [0.717, 1.165) is 6.42 Å². The fraction of sp³-hybridized carbons (Fsp3) is 0.348. The highest BCUT2D eigenvalue weighted by atomic mass is 16.5. The van der Waals surface area contributed by atoms with Gasteiger partial charge in [-0.25, -0.2) is 0 Å². The summed E-state index contributed by atoms with van der Waals surface area (Å²) in [6, 6.07) is 9.56. The van der Waals surface area contributed by atoms with E-state index in [4.69, 9.17) is 14.2 Å². The molecule has 1 atom stereocenters. The Labute approximate surface area is 185 Å². The summed E-state index contributed by atoms with van der Waals surface area (Å²) in [4.78, 5) is 42.3. The van der Waals surface area contributed by atoms with Crippen molar-refractivity contribution in [3.63, 3.8) is 0 Å². The Morgan fingerprint density at radius 2 is 1.75 bits per heavy atom. The lowest BCUT2D eigenvalue weighted by molar-refractivity contribution is -0.124. The average Bonchev–Trinajstić information content (AvgIpc) is 3.28. The van der Waals surface area contributed by atoms with Crippen molar-refractivity contribution in [3.05, 3.63) is 42.0 Å². The minimum Gasteiger partial charge on any atom is -0.493 e. The highest BCUT2D eigenvalue weighted by Gasteiger charge is 2.42. The molecule has 2 aliphatic rings. The molecule has 2 heterocycles. The van der Waals surface area contributed by atoms with E-state index >= 15 is 0 Å². The van der Waals surface area contributed by atoms with Crippen LogP contribution in [0.3, 0.4) is 0 Å². The number of carbonyl (C=O) groups is 3. The molecule has 1 fully saturated rings. The first-order valence-electron chi connectivity index (χ1n) is 10.3. The number of methoxy groups -OCH3 is 3. The molecule has 2 aromatic rings. The van der Waals surface area contributed by atoms with Crippen LogP contribution in [-0.4, -0.2) is 63.1 Å². The van der Waals surface area contributed by atoms with Gasteiger partial charge in [0.2, 0.25) is 17.6 Å². The first kappa shape index (κ1) is 21.5. The Morgan fingerprint density at radius 1 is 1.06 bits per heavy atom. The van der Waals surface area contributed by atoms with Gasteiger partial charge in [0.05, 0.1) is 32.6 Å². The van der Waals surface area contributed by atoms with Crippen molar-refractivity contribution in [2.75, 3.05) is 44.6 Å². The molecule has 1 N–H and O–H groups in total. The number of rotatable bonds is 6. The van der Waals surface area contributed by atoms with E-state index in [1.54, 1.807) is 41.3 Å². The van der Waals surface area contributed by atoms with Crippen LogP contribution in [0.2, 0.25) is 0 Å². The standard InChI is InChI=1S/C23H25N3O6/c1-30-18-11-14(12-19(31-2)21(18)32-3)24-20(27)13-26-16-8-5-4-7-15(16)22(28)25-10-6-9-17(25)23(26)29/h4-5,7-8,11-12,17H,6,9-10,13H2,1-3H3,(H,24,27)/t17-/m0/s1. The number of nitrogens with zero attached hydrogens (tertiary/aromatic N) is 2. The number of hydrogen-bond donors (Lipinski definition) is 1. The van der Waals surface area contributed by atoms with Crippen LogP contribution in [-0.2, 0) is 9.59 Å². The zero-order chi connectivity index (χ0) is 22.8. The van der Waals surface area contributed by atoms with Crippen molar-refractivity contribution in [2.24, 2.45) is 0 Å². The van der Waals surface area contributed by atoms with Crippen LogP contribution in [0.5, 0.6) is 17.2 Å². The molecule has 4 rings (SSSR count). The summed E-state index contributed by atoms with van der Waals surface area (Å²) in [6.45, 7) is 0.305. The van der Waals surface area contributed by atoms with E-state index in [1.807, 2.05) is 0 Å². The Kier molecular flexibility index (Phi) is 5.89. The molecule has 0 aromatic heterocycles. The monoisotopic (exact) mass is 439 g/mol. The lowest BCUT2D eigenvalue weighted by Gasteiger charge is -2.25. The molecule has 0 saturated carbocycles. The molecular formula is C23H25N3O6. The second-order valence-electron chi connectivity index (χ2n) is 7.56. The highest BCUT2D eigenvalue weighted by Crippen LogP contribution is 2.40. The number of anilines is 2. The zero-order valence-corrected chi connectivity index (χ0v) is 18.2. The van der Waals surface area contributed by atoms with Crippen LogP contribution in [0.15, 0.2) is 36.4 Å². The molecule has 32 heavy (non-hydrogen) atoms. The molecule has 9 nitrogen and oxygen atoms in total. The fourth-order valence-corrected chi connectivity index (χ4v) is 4.27. The number of para-hydroxylation sites is 1. The molecule has 2 aromatic carbocycles. The Balaban J connectivity index is 1.62. The number of fused-ring (bicyclic) bond motifs is 2. The lowest BCUT2D eigenvalue weighted by Crippen LogP contribution is -2.47. The van der Waals surface area contributed by atoms with E-state index in [2.05, 4.69) is 5.32 Å². The Morgan fingerprint density at radius 3 is 2.41 bits per heavy atom. The molecule has 3 amide bonds. The third-order valence-corrected chi connectivity index (χ3v) is 5.74. The maximum Gasteiger partial charge on any atom is 0.256 e. The van der Waals surface area contributed by atoms with Crippen molar-refractivity contribution >= 4 is 29.1 Å². The van der Waals surface area contributed by atoms with Crippen molar-refractivity contribution in [3.8, 4) is 17.2 Å². The zero-order valence-electron chi connectivity index (χ0n) is 18.2.